The van der Waals surface area contributed by atoms with Crippen LogP contribution >= 0.6 is 11.6 Å². The van der Waals surface area contributed by atoms with Crippen molar-refractivity contribution in [3.8, 4) is 0 Å². The number of aryl methyl sites for hydroxylation is 1. The van der Waals surface area contributed by atoms with Gasteiger partial charge in [-0.25, -0.2) is 0 Å². The van der Waals surface area contributed by atoms with Gasteiger partial charge >= 0.3 is 0 Å². The van der Waals surface area contributed by atoms with E-state index in [0.717, 1.165) is 11.1 Å². The smallest absolute Gasteiger partial charge is 0.226 e. The van der Waals surface area contributed by atoms with Crippen LogP contribution in [0.15, 0.2) is 48.5 Å². The Labute approximate surface area is 165 Å². The average Bonchev–Trinajstić information content (AvgIpc) is 2.69. The summed E-state index contributed by atoms with van der Waals surface area (Å²) in [5, 5.41) is 3.63. The van der Waals surface area contributed by atoms with Crippen LogP contribution < -0.4 is 5.32 Å². The molecule has 0 saturated carbocycles. The second-order valence-corrected chi connectivity index (χ2v) is 7.53. The quantitative estimate of drug-likeness (QED) is 0.853. The Hall–Kier alpha value is -2.33. The van der Waals surface area contributed by atoms with Crippen LogP contribution in [0.25, 0.3) is 0 Å². The van der Waals surface area contributed by atoms with Gasteiger partial charge in [0.05, 0.1) is 6.42 Å². The summed E-state index contributed by atoms with van der Waals surface area (Å²) >= 11 is 6.13. The van der Waals surface area contributed by atoms with Crippen molar-refractivity contribution in [3.63, 3.8) is 0 Å². The fraction of sp³-hybridized carbons (Fsp3) is 0.364. The second kappa shape index (κ2) is 9.05. The van der Waals surface area contributed by atoms with Gasteiger partial charge in [0.1, 0.15) is 0 Å². The van der Waals surface area contributed by atoms with Crippen LogP contribution in [0.2, 0.25) is 5.02 Å². The molecule has 0 atom stereocenters. The van der Waals surface area contributed by atoms with Crippen molar-refractivity contribution in [1.29, 1.82) is 0 Å². The van der Waals surface area contributed by atoms with Crippen molar-refractivity contribution in [2.45, 2.75) is 32.7 Å². The van der Waals surface area contributed by atoms with Crippen LogP contribution in [-0.4, -0.2) is 29.8 Å². The molecule has 0 unspecified atom stereocenters. The van der Waals surface area contributed by atoms with Crippen molar-refractivity contribution in [2.24, 2.45) is 5.92 Å². The van der Waals surface area contributed by atoms with Crippen LogP contribution in [0.4, 0.5) is 0 Å². The fourth-order valence-electron chi connectivity index (χ4n) is 3.35. The number of benzene rings is 2. The lowest BCUT2D eigenvalue weighted by atomic mass is 9.95. The van der Waals surface area contributed by atoms with E-state index in [-0.39, 0.29) is 17.7 Å². The van der Waals surface area contributed by atoms with E-state index in [2.05, 4.69) is 5.32 Å². The molecule has 2 aromatic carbocycles. The number of nitrogens with one attached hydrogen (secondary N) is 1. The molecule has 3 rings (SSSR count). The Morgan fingerprint density at radius 2 is 1.74 bits per heavy atom. The number of rotatable bonds is 5. The van der Waals surface area contributed by atoms with Gasteiger partial charge in [0.2, 0.25) is 11.8 Å². The summed E-state index contributed by atoms with van der Waals surface area (Å²) in [6, 6.07) is 15.6. The van der Waals surface area contributed by atoms with Crippen LogP contribution in [0.3, 0.4) is 0 Å². The third-order valence-corrected chi connectivity index (χ3v) is 5.47. The molecule has 4 nitrogen and oxygen atoms in total. The summed E-state index contributed by atoms with van der Waals surface area (Å²) in [5.41, 5.74) is 3.14. The summed E-state index contributed by atoms with van der Waals surface area (Å²) in [4.78, 5) is 26.8. The van der Waals surface area contributed by atoms with E-state index < -0.39 is 0 Å². The lowest BCUT2D eigenvalue weighted by Crippen LogP contribution is -2.43. The molecule has 0 aromatic heterocycles. The minimum atomic E-state index is -0.0455. The fourth-order valence-corrected chi connectivity index (χ4v) is 3.55. The first-order valence-electron chi connectivity index (χ1n) is 9.37. The van der Waals surface area contributed by atoms with Crippen molar-refractivity contribution in [1.82, 2.24) is 10.2 Å². The molecular weight excluding hydrogens is 360 g/mol. The van der Waals surface area contributed by atoms with Crippen LogP contribution in [0, 0.1) is 12.8 Å². The highest BCUT2D eigenvalue weighted by atomic mass is 35.5. The van der Waals surface area contributed by atoms with Crippen LogP contribution in [0.5, 0.6) is 0 Å². The maximum Gasteiger partial charge on any atom is 0.226 e. The SMILES string of the molecule is Cc1ccc(CC(=O)N2CCC(C(=O)NCc3ccccc3Cl)CC2)cc1. The Morgan fingerprint density at radius 1 is 1.07 bits per heavy atom. The molecule has 1 saturated heterocycles. The predicted octanol–water partition coefficient (Wildman–Crippen LogP) is 3.75. The highest BCUT2D eigenvalue weighted by Crippen LogP contribution is 2.20. The van der Waals surface area contributed by atoms with E-state index in [1.807, 2.05) is 60.4 Å². The van der Waals surface area contributed by atoms with Gasteiger partial charge in [-0.3, -0.25) is 9.59 Å². The summed E-state index contributed by atoms with van der Waals surface area (Å²) in [7, 11) is 0. The van der Waals surface area contributed by atoms with E-state index in [0.29, 0.717) is 43.9 Å². The predicted molar refractivity (Wildman–Crippen MR) is 107 cm³/mol. The molecule has 1 fully saturated rings. The number of likely N-dealkylation sites (tertiary alicyclic amines) is 1. The molecule has 0 radical (unpaired) electrons. The number of hydrogen-bond donors (Lipinski definition) is 1. The zero-order chi connectivity index (χ0) is 19.2. The summed E-state index contributed by atoms with van der Waals surface area (Å²) < 4.78 is 0. The monoisotopic (exact) mass is 384 g/mol. The van der Waals surface area contributed by atoms with Crippen LogP contribution in [-0.2, 0) is 22.6 Å². The first-order chi connectivity index (χ1) is 13.0. The molecule has 1 heterocycles. The second-order valence-electron chi connectivity index (χ2n) is 7.13. The first kappa shape index (κ1) is 19.4. The molecule has 1 aliphatic rings. The Kier molecular flexibility index (Phi) is 6.51. The van der Waals surface area contributed by atoms with E-state index in [1.165, 1.54) is 5.56 Å². The van der Waals surface area contributed by atoms with Gasteiger partial charge in [0.15, 0.2) is 0 Å². The summed E-state index contributed by atoms with van der Waals surface area (Å²) in [5.74, 6) is 0.130. The average molecular weight is 385 g/mol. The Morgan fingerprint density at radius 3 is 2.41 bits per heavy atom. The van der Waals surface area contributed by atoms with Gasteiger partial charge in [-0.2, -0.15) is 0 Å². The molecule has 2 amide bonds. The van der Waals surface area contributed by atoms with Crippen molar-refractivity contribution < 1.29 is 9.59 Å². The third-order valence-electron chi connectivity index (χ3n) is 5.11. The number of hydrogen-bond acceptors (Lipinski definition) is 2. The zero-order valence-corrected chi connectivity index (χ0v) is 16.3. The third kappa shape index (κ3) is 5.33. The number of piperidine rings is 1. The molecule has 142 valence electrons. The Balaban J connectivity index is 1.45. The minimum absolute atomic E-state index is 0.0422. The molecule has 5 heteroatoms. The standard InChI is InChI=1S/C22H25ClN2O2/c1-16-6-8-17(9-7-16)14-21(26)25-12-10-18(11-13-25)22(27)24-15-19-4-2-3-5-20(19)23/h2-9,18H,10-15H2,1H3,(H,24,27). The number of carbonyl (C=O) groups excluding carboxylic acids is 2. The topological polar surface area (TPSA) is 49.4 Å². The van der Waals surface area contributed by atoms with Crippen molar-refractivity contribution in [3.05, 3.63) is 70.2 Å². The van der Waals surface area contributed by atoms with Crippen molar-refractivity contribution in [2.75, 3.05) is 13.1 Å². The normalized spacial score (nSPS) is 14.8. The highest BCUT2D eigenvalue weighted by molar-refractivity contribution is 6.31. The molecule has 27 heavy (non-hydrogen) atoms. The number of carbonyl (C=O) groups is 2. The lowest BCUT2D eigenvalue weighted by molar-refractivity contribution is -0.135. The van der Waals surface area contributed by atoms with E-state index in [9.17, 15) is 9.59 Å². The van der Waals surface area contributed by atoms with E-state index >= 15 is 0 Å². The molecular formula is C22H25ClN2O2. The van der Waals surface area contributed by atoms with Gasteiger partial charge in [-0.05, 0) is 37.0 Å². The Bertz CT molecular complexity index is 796. The van der Waals surface area contributed by atoms with E-state index in [1.54, 1.807) is 0 Å². The molecule has 1 N–H and O–H groups in total. The lowest BCUT2D eigenvalue weighted by Gasteiger charge is -2.31. The van der Waals surface area contributed by atoms with Gasteiger partial charge in [0.25, 0.3) is 0 Å². The molecule has 2 aromatic rings. The van der Waals surface area contributed by atoms with E-state index in [4.69, 9.17) is 11.6 Å². The van der Waals surface area contributed by atoms with Gasteiger partial charge < -0.3 is 10.2 Å². The molecule has 0 bridgehead atoms. The summed E-state index contributed by atoms with van der Waals surface area (Å²) in [6.45, 7) is 3.74. The number of nitrogens with zero attached hydrogens (tertiary/aromatic N) is 1. The highest BCUT2D eigenvalue weighted by Gasteiger charge is 2.27. The maximum absolute atomic E-state index is 12.5. The minimum Gasteiger partial charge on any atom is -0.352 e. The molecule has 0 aliphatic carbocycles. The first-order valence-corrected chi connectivity index (χ1v) is 9.75. The van der Waals surface area contributed by atoms with Crippen molar-refractivity contribution >= 4 is 23.4 Å². The zero-order valence-electron chi connectivity index (χ0n) is 15.6. The molecule has 1 aliphatic heterocycles. The van der Waals surface area contributed by atoms with Crippen LogP contribution in [0.1, 0.15) is 29.5 Å². The molecule has 0 spiro atoms. The summed E-state index contributed by atoms with van der Waals surface area (Å²) in [6.07, 6.45) is 1.83. The number of halogens is 1. The van der Waals surface area contributed by atoms with Gasteiger partial charge in [0, 0.05) is 30.6 Å². The van der Waals surface area contributed by atoms with Gasteiger partial charge in [-0.1, -0.05) is 59.6 Å². The van der Waals surface area contributed by atoms with Gasteiger partial charge in [-0.15, -0.1) is 0 Å². The largest absolute Gasteiger partial charge is 0.352 e. The number of amides is 2. The maximum atomic E-state index is 12.5.